The van der Waals surface area contributed by atoms with Crippen LogP contribution in [-0.4, -0.2) is 30.1 Å². The third-order valence-corrected chi connectivity index (χ3v) is 4.28. The Hall–Kier alpha value is -1.40. The lowest BCUT2D eigenvalue weighted by atomic mass is 10.0. The van der Waals surface area contributed by atoms with E-state index in [9.17, 15) is 14.5 Å². The largest absolute Gasteiger partial charge is 0.360 e. The molecule has 0 bridgehead atoms. The molecule has 0 spiro atoms. The van der Waals surface area contributed by atoms with Crippen LogP contribution in [0.1, 0.15) is 26.7 Å². The van der Waals surface area contributed by atoms with Gasteiger partial charge in [-0.1, -0.05) is 25.4 Å². The van der Waals surface area contributed by atoms with Crippen molar-refractivity contribution in [3.05, 3.63) is 33.1 Å². The zero-order valence-corrected chi connectivity index (χ0v) is 12.9. The van der Waals surface area contributed by atoms with Crippen LogP contribution in [0.3, 0.4) is 0 Å². The number of halogens is 2. The van der Waals surface area contributed by atoms with Crippen LogP contribution in [0.15, 0.2) is 12.1 Å². The van der Waals surface area contributed by atoms with Crippen molar-refractivity contribution >= 4 is 23.0 Å². The van der Waals surface area contributed by atoms with Gasteiger partial charge in [0.25, 0.3) is 5.69 Å². The van der Waals surface area contributed by atoms with E-state index in [1.165, 1.54) is 6.07 Å². The standard InChI is InChI=1S/C14H19ClFN3O2/c1-3-9-8-18(10(4-2)7-17-9)13-5-11(15)12(16)6-14(13)19(20)21/h5-6,9-10,17H,3-4,7-8H2,1-2H3. The van der Waals surface area contributed by atoms with Gasteiger partial charge in [-0.2, -0.15) is 0 Å². The monoisotopic (exact) mass is 315 g/mol. The van der Waals surface area contributed by atoms with Crippen molar-refractivity contribution < 1.29 is 9.31 Å². The molecule has 1 N–H and O–H groups in total. The molecule has 5 nitrogen and oxygen atoms in total. The molecular formula is C14H19ClFN3O2. The van der Waals surface area contributed by atoms with Gasteiger partial charge in [-0.3, -0.25) is 10.1 Å². The summed E-state index contributed by atoms with van der Waals surface area (Å²) in [5.41, 5.74) is 0.172. The Kier molecular flexibility index (Phi) is 5.00. The Bertz CT molecular complexity index is 541. The molecule has 1 saturated heterocycles. The van der Waals surface area contributed by atoms with Crippen molar-refractivity contribution in [2.24, 2.45) is 0 Å². The molecule has 1 fully saturated rings. The zero-order valence-electron chi connectivity index (χ0n) is 12.1. The van der Waals surface area contributed by atoms with Gasteiger partial charge >= 0.3 is 0 Å². The summed E-state index contributed by atoms with van der Waals surface area (Å²) in [4.78, 5) is 12.7. The number of nitrogens with one attached hydrogen (secondary N) is 1. The summed E-state index contributed by atoms with van der Waals surface area (Å²) in [6.45, 7) is 5.50. The average molecular weight is 316 g/mol. The molecule has 21 heavy (non-hydrogen) atoms. The van der Waals surface area contributed by atoms with Crippen LogP contribution in [0, 0.1) is 15.9 Å². The Morgan fingerprint density at radius 1 is 1.48 bits per heavy atom. The van der Waals surface area contributed by atoms with Crippen molar-refractivity contribution in [3.8, 4) is 0 Å². The number of piperazine rings is 1. The van der Waals surface area contributed by atoms with Crippen LogP contribution in [0.2, 0.25) is 5.02 Å². The van der Waals surface area contributed by atoms with E-state index in [4.69, 9.17) is 11.6 Å². The maximum atomic E-state index is 13.5. The Morgan fingerprint density at radius 2 is 2.19 bits per heavy atom. The molecule has 1 aliphatic heterocycles. The van der Waals surface area contributed by atoms with Gasteiger partial charge in [0.2, 0.25) is 0 Å². The van der Waals surface area contributed by atoms with Gasteiger partial charge in [-0.15, -0.1) is 0 Å². The second-order valence-corrected chi connectivity index (χ2v) is 5.65. The minimum absolute atomic E-state index is 0.0861. The molecule has 0 aromatic heterocycles. The summed E-state index contributed by atoms with van der Waals surface area (Å²) < 4.78 is 13.5. The predicted octanol–water partition coefficient (Wildman–Crippen LogP) is 3.35. The lowest BCUT2D eigenvalue weighted by molar-refractivity contribution is -0.384. The molecular weight excluding hydrogens is 297 g/mol. The van der Waals surface area contributed by atoms with Crippen molar-refractivity contribution in [2.45, 2.75) is 38.8 Å². The first kappa shape index (κ1) is 16.0. The normalized spacial score (nSPS) is 22.4. The molecule has 1 heterocycles. The Labute approximate surface area is 128 Å². The smallest absolute Gasteiger partial charge is 0.295 e. The molecule has 7 heteroatoms. The highest BCUT2D eigenvalue weighted by Gasteiger charge is 2.31. The molecule has 2 rings (SSSR count). The quantitative estimate of drug-likeness (QED) is 0.684. The third kappa shape index (κ3) is 3.27. The van der Waals surface area contributed by atoms with E-state index in [1.54, 1.807) is 0 Å². The molecule has 116 valence electrons. The first-order valence-electron chi connectivity index (χ1n) is 7.11. The number of hydrogen-bond acceptors (Lipinski definition) is 4. The molecule has 2 atom stereocenters. The Morgan fingerprint density at radius 3 is 2.76 bits per heavy atom. The van der Waals surface area contributed by atoms with E-state index in [1.807, 2.05) is 11.8 Å². The average Bonchev–Trinajstić information content (AvgIpc) is 2.48. The second kappa shape index (κ2) is 6.58. The second-order valence-electron chi connectivity index (χ2n) is 5.24. The molecule has 0 amide bonds. The van der Waals surface area contributed by atoms with Crippen molar-refractivity contribution in [1.82, 2.24) is 5.32 Å². The first-order valence-corrected chi connectivity index (χ1v) is 7.49. The summed E-state index contributed by atoms with van der Waals surface area (Å²) in [6.07, 6.45) is 1.77. The number of nitro benzene ring substituents is 1. The topological polar surface area (TPSA) is 58.4 Å². The zero-order chi connectivity index (χ0) is 15.6. The maximum Gasteiger partial charge on any atom is 0.295 e. The highest BCUT2D eigenvalue weighted by molar-refractivity contribution is 6.31. The SMILES string of the molecule is CCC1CN(c2cc(Cl)c(F)cc2[N+](=O)[O-])C(CC)CN1. The minimum atomic E-state index is -0.762. The van der Waals surface area contributed by atoms with Crippen LogP contribution in [-0.2, 0) is 0 Å². The van der Waals surface area contributed by atoms with Crippen molar-refractivity contribution in [2.75, 3.05) is 18.0 Å². The number of anilines is 1. The van der Waals surface area contributed by atoms with Crippen molar-refractivity contribution in [3.63, 3.8) is 0 Å². The number of hydrogen-bond donors (Lipinski definition) is 1. The van der Waals surface area contributed by atoms with Gasteiger partial charge in [-0.05, 0) is 18.9 Å². The van der Waals surface area contributed by atoms with Crippen molar-refractivity contribution in [1.29, 1.82) is 0 Å². The van der Waals surface area contributed by atoms with Gasteiger partial charge in [0.15, 0.2) is 0 Å². The van der Waals surface area contributed by atoms with Crippen LogP contribution in [0.5, 0.6) is 0 Å². The molecule has 0 saturated carbocycles. The molecule has 1 aromatic rings. The number of rotatable bonds is 4. The highest BCUT2D eigenvalue weighted by Crippen LogP contribution is 2.35. The Balaban J connectivity index is 2.46. The molecule has 2 unspecified atom stereocenters. The molecule has 0 radical (unpaired) electrons. The fraction of sp³-hybridized carbons (Fsp3) is 0.571. The minimum Gasteiger partial charge on any atom is -0.360 e. The predicted molar refractivity (Wildman–Crippen MR) is 81.6 cm³/mol. The van der Waals surface area contributed by atoms with Crippen LogP contribution in [0.4, 0.5) is 15.8 Å². The number of benzene rings is 1. The summed E-state index contributed by atoms with van der Waals surface area (Å²) in [5, 5.41) is 14.6. The van der Waals surface area contributed by atoms with E-state index in [-0.39, 0.29) is 22.8 Å². The first-order chi connectivity index (χ1) is 9.97. The maximum absolute atomic E-state index is 13.5. The summed E-state index contributed by atoms with van der Waals surface area (Å²) >= 11 is 5.83. The van der Waals surface area contributed by atoms with E-state index < -0.39 is 10.7 Å². The van der Waals surface area contributed by atoms with Gasteiger partial charge in [0.1, 0.15) is 11.5 Å². The van der Waals surface area contributed by atoms with E-state index >= 15 is 0 Å². The summed E-state index contributed by atoms with van der Waals surface area (Å²) in [7, 11) is 0. The van der Waals surface area contributed by atoms with Gasteiger partial charge in [0, 0.05) is 25.2 Å². The van der Waals surface area contributed by atoms with Gasteiger partial charge < -0.3 is 10.2 Å². The van der Waals surface area contributed by atoms with E-state index in [0.717, 1.165) is 25.5 Å². The van der Waals surface area contributed by atoms with Crippen LogP contribution >= 0.6 is 11.6 Å². The fourth-order valence-electron chi connectivity index (χ4n) is 2.70. The lowest BCUT2D eigenvalue weighted by Gasteiger charge is -2.41. The summed E-state index contributed by atoms with van der Waals surface area (Å²) in [6, 6.07) is 2.67. The van der Waals surface area contributed by atoms with Crippen LogP contribution in [0.25, 0.3) is 0 Å². The third-order valence-electron chi connectivity index (χ3n) is 3.99. The van der Waals surface area contributed by atoms with E-state index in [2.05, 4.69) is 12.2 Å². The van der Waals surface area contributed by atoms with Gasteiger partial charge in [0.05, 0.1) is 16.0 Å². The molecule has 1 aliphatic rings. The molecule has 1 aromatic carbocycles. The highest BCUT2D eigenvalue weighted by atomic mass is 35.5. The number of nitro groups is 1. The number of nitrogens with zero attached hydrogens (tertiary/aromatic N) is 2. The fourth-order valence-corrected chi connectivity index (χ4v) is 2.86. The van der Waals surface area contributed by atoms with Gasteiger partial charge in [-0.25, -0.2) is 4.39 Å². The van der Waals surface area contributed by atoms with Crippen LogP contribution < -0.4 is 10.2 Å². The lowest BCUT2D eigenvalue weighted by Crippen LogP contribution is -2.56. The molecule has 0 aliphatic carbocycles. The summed E-state index contributed by atoms with van der Waals surface area (Å²) in [5.74, 6) is -0.762. The van der Waals surface area contributed by atoms with E-state index in [0.29, 0.717) is 12.2 Å².